The van der Waals surface area contributed by atoms with Crippen molar-refractivity contribution < 1.29 is 9.59 Å². The minimum Gasteiger partial charge on any atom is -0.298 e. The molecule has 0 radical (unpaired) electrons. The highest BCUT2D eigenvalue weighted by molar-refractivity contribution is 9.10. The van der Waals surface area contributed by atoms with Crippen molar-refractivity contribution in [2.75, 3.05) is 13.1 Å². The zero-order valence-corrected chi connectivity index (χ0v) is 27.5. The summed E-state index contributed by atoms with van der Waals surface area (Å²) in [4.78, 5) is 32.5. The van der Waals surface area contributed by atoms with E-state index in [0.717, 1.165) is 73.3 Å². The number of thiocarbonyl (C=S) groups is 2. The van der Waals surface area contributed by atoms with Crippen LogP contribution < -0.4 is 0 Å². The fourth-order valence-corrected chi connectivity index (χ4v) is 7.58. The molecule has 204 valence electrons. The van der Waals surface area contributed by atoms with Crippen LogP contribution in [0.25, 0.3) is 10.8 Å². The van der Waals surface area contributed by atoms with Crippen molar-refractivity contribution in [3.63, 3.8) is 0 Å². The highest BCUT2D eigenvalue weighted by Gasteiger charge is 2.40. The summed E-state index contributed by atoms with van der Waals surface area (Å²) in [6.07, 6.45) is 8.65. The molecule has 2 atom stereocenters. The number of carbonyl (C=O) groups is 2. The monoisotopic (exact) mass is 678 g/mol. The van der Waals surface area contributed by atoms with Gasteiger partial charge in [-0.2, -0.15) is 0 Å². The maximum atomic E-state index is 14.0. The van der Waals surface area contributed by atoms with Crippen molar-refractivity contribution >= 4 is 88.9 Å². The Bertz CT molecular complexity index is 1210. The Balaban J connectivity index is 1.82. The number of unbranched alkanes of at least 4 members (excludes halogenated alkanes) is 2. The van der Waals surface area contributed by atoms with Gasteiger partial charge in [0.2, 0.25) is 0 Å². The third kappa shape index (κ3) is 5.27. The summed E-state index contributed by atoms with van der Waals surface area (Å²) in [5.74, 6) is 0.567. The third-order valence-corrected chi connectivity index (χ3v) is 10.3. The van der Waals surface area contributed by atoms with E-state index in [1.165, 1.54) is 0 Å². The Morgan fingerprint density at radius 1 is 0.711 bits per heavy atom. The van der Waals surface area contributed by atoms with E-state index >= 15 is 0 Å². The zero-order valence-electron chi connectivity index (χ0n) is 22.7. The van der Waals surface area contributed by atoms with E-state index < -0.39 is 0 Å². The standard InChI is InChI=1S/C30H36Br2N2O2S2/c1-5-9-11-17(7-3)15-33-27(35)25-21(31)14-20-24-23(25)19(29(33)37)13-22(32)26(24)28(36)34(30(20)38)16-18(8-4)12-10-6-2/h13-14,17-18H,5-12,15-16H2,1-4H3. The first-order valence-electron chi connectivity index (χ1n) is 13.9. The van der Waals surface area contributed by atoms with Crippen molar-refractivity contribution in [3.8, 4) is 0 Å². The average molecular weight is 681 g/mol. The van der Waals surface area contributed by atoms with Crippen molar-refractivity contribution in [1.29, 1.82) is 0 Å². The van der Waals surface area contributed by atoms with Crippen molar-refractivity contribution in [2.45, 2.75) is 79.1 Å². The van der Waals surface area contributed by atoms with Crippen LogP contribution in [0.4, 0.5) is 0 Å². The van der Waals surface area contributed by atoms with E-state index in [-0.39, 0.29) is 11.8 Å². The van der Waals surface area contributed by atoms with Crippen LogP contribution in [0.3, 0.4) is 0 Å². The Morgan fingerprint density at radius 3 is 1.39 bits per heavy atom. The van der Waals surface area contributed by atoms with Gasteiger partial charge in [0.25, 0.3) is 11.8 Å². The number of amides is 2. The second kappa shape index (κ2) is 12.5. The molecule has 0 N–H and O–H groups in total. The summed E-state index contributed by atoms with van der Waals surface area (Å²) in [7, 11) is 0. The molecule has 0 spiro atoms. The van der Waals surface area contributed by atoms with Crippen molar-refractivity contribution in [1.82, 2.24) is 9.80 Å². The quantitative estimate of drug-likeness (QED) is 0.210. The van der Waals surface area contributed by atoms with E-state index in [1.807, 2.05) is 12.1 Å². The van der Waals surface area contributed by atoms with Gasteiger partial charge in [-0.1, -0.05) is 90.7 Å². The molecule has 0 saturated heterocycles. The molecule has 0 saturated carbocycles. The van der Waals surface area contributed by atoms with Gasteiger partial charge < -0.3 is 0 Å². The maximum Gasteiger partial charge on any atom is 0.260 e. The lowest BCUT2D eigenvalue weighted by Gasteiger charge is -2.37. The number of nitrogens with zero attached hydrogens (tertiary/aromatic N) is 2. The number of halogens is 2. The number of hydrogen-bond donors (Lipinski definition) is 0. The molecular weight excluding hydrogens is 644 g/mol. The normalized spacial score (nSPS) is 16.6. The summed E-state index contributed by atoms with van der Waals surface area (Å²) in [5.41, 5.74) is 2.77. The molecule has 2 aliphatic heterocycles. The fraction of sp³-hybridized carbons (Fsp3) is 0.533. The molecule has 2 unspecified atom stereocenters. The molecule has 0 fully saturated rings. The van der Waals surface area contributed by atoms with Crippen LogP contribution in [0.5, 0.6) is 0 Å². The van der Waals surface area contributed by atoms with Gasteiger partial charge >= 0.3 is 0 Å². The fourth-order valence-electron chi connectivity index (χ4n) is 5.75. The smallest absolute Gasteiger partial charge is 0.260 e. The Morgan fingerprint density at radius 2 is 1.08 bits per heavy atom. The molecule has 2 aromatic carbocycles. The van der Waals surface area contributed by atoms with Crippen LogP contribution in [0.2, 0.25) is 0 Å². The van der Waals surface area contributed by atoms with Gasteiger partial charge in [-0.25, -0.2) is 0 Å². The van der Waals surface area contributed by atoms with Crippen LogP contribution in [-0.4, -0.2) is 44.7 Å². The maximum absolute atomic E-state index is 14.0. The van der Waals surface area contributed by atoms with E-state index in [1.54, 1.807) is 9.80 Å². The number of benzene rings is 2. The van der Waals surface area contributed by atoms with E-state index in [9.17, 15) is 9.59 Å². The topological polar surface area (TPSA) is 40.6 Å². The Labute approximate surface area is 254 Å². The van der Waals surface area contributed by atoms with E-state index in [0.29, 0.717) is 55.0 Å². The molecule has 0 bridgehead atoms. The van der Waals surface area contributed by atoms with Gasteiger partial charge in [0, 0.05) is 43.9 Å². The van der Waals surface area contributed by atoms with Gasteiger partial charge in [-0.05, 0) is 68.7 Å². The molecule has 38 heavy (non-hydrogen) atoms. The van der Waals surface area contributed by atoms with Crippen LogP contribution in [-0.2, 0) is 0 Å². The summed E-state index contributed by atoms with van der Waals surface area (Å²) < 4.78 is 1.40. The SMILES string of the molecule is CCCCC(CC)CN1C(=O)c2c(Br)cc3c4c(c(Br)cc(c24)C1=S)C(=O)N(CC(CC)CCCC)C3=S. The predicted molar refractivity (Wildman–Crippen MR) is 171 cm³/mol. The Kier molecular flexibility index (Phi) is 9.81. The molecule has 2 aliphatic rings. The number of hydrogen-bond acceptors (Lipinski definition) is 4. The first-order valence-corrected chi connectivity index (χ1v) is 16.3. The largest absolute Gasteiger partial charge is 0.298 e. The molecule has 0 aromatic heterocycles. The van der Waals surface area contributed by atoms with Crippen molar-refractivity contribution in [2.24, 2.45) is 11.8 Å². The summed E-state index contributed by atoms with van der Waals surface area (Å²) in [5, 5.41) is 1.49. The minimum atomic E-state index is -0.101. The molecule has 2 amide bonds. The van der Waals surface area contributed by atoms with Gasteiger partial charge in [0.05, 0.1) is 11.1 Å². The van der Waals surface area contributed by atoms with Crippen LogP contribution in [0, 0.1) is 11.8 Å². The second-order valence-electron chi connectivity index (χ2n) is 10.6. The molecule has 2 heterocycles. The van der Waals surface area contributed by atoms with Crippen LogP contribution >= 0.6 is 56.3 Å². The lowest BCUT2D eigenvalue weighted by Crippen LogP contribution is -2.45. The first-order chi connectivity index (χ1) is 18.2. The third-order valence-electron chi connectivity index (χ3n) is 8.15. The van der Waals surface area contributed by atoms with Crippen molar-refractivity contribution in [3.05, 3.63) is 43.3 Å². The highest BCUT2D eigenvalue weighted by atomic mass is 79.9. The number of carbonyl (C=O) groups excluding carboxylic acids is 2. The Hall–Kier alpha value is -1.22. The van der Waals surface area contributed by atoms with Crippen LogP contribution in [0.15, 0.2) is 21.1 Å². The molecule has 4 nitrogen and oxygen atoms in total. The van der Waals surface area contributed by atoms with Gasteiger partial charge in [-0.3, -0.25) is 19.4 Å². The summed E-state index contributed by atoms with van der Waals surface area (Å²) in [6, 6.07) is 3.87. The minimum absolute atomic E-state index is 0.101. The molecule has 4 rings (SSSR count). The number of rotatable bonds is 12. The zero-order chi connectivity index (χ0) is 27.7. The summed E-state index contributed by atoms with van der Waals surface area (Å²) in [6.45, 7) is 9.93. The average Bonchev–Trinajstić information content (AvgIpc) is 2.90. The van der Waals surface area contributed by atoms with Crippen LogP contribution in [0.1, 0.15) is 111 Å². The second-order valence-corrected chi connectivity index (χ2v) is 13.1. The highest BCUT2D eigenvalue weighted by Crippen LogP contribution is 2.44. The lowest BCUT2D eigenvalue weighted by atomic mass is 9.85. The van der Waals surface area contributed by atoms with Gasteiger partial charge in [-0.15, -0.1) is 0 Å². The summed E-state index contributed by atoms with van der Waals surface area (Å²) >= 11 is 19.3. The lowest BCUT2D eigenvalue weighted by molar-refractivity contribution is 0.0818. The molecule has 0 aliphatic carbocycles. The molecule has 2 aromatic rings. The predicted octanol–water partition coefficient (Wildman–Crippen LogP) is 9.06. The van der Waals surface area contributed by atoms with E-state index in [4.69, 9.17) is 24.4 Å². The van der Waals surface area contributed by atoms with Gasteiger partial charge in [0.1, 0.15) is 9.98 Å². The van der Waals surface area contributed by atoms with Gasteiger partial charge in [0.15, 0.2) is 0 Å². The van der Waals surface area contributed by atoms with E-state index in [2.05, 4.69) is 59.6 Å². The first kappa shape index (κ1) is 29.8. The molecular formula is C30H36Br2N2O2S2. The molecule has 8 heteroatoms.